The van der Waals surface area contributed by atoms with Crippen molar-refractivity contribution in [3.05, 3.63) is 23.0 Å². The second-order valence-electron chi connectivity index (χ2n) is 6.11. The minimum absolute atomic E-state index is 0.216. The molecule has 0 saturated heterocycles. The molecule has 0 amide bonds. The van der Waals surface area contributed by atoms with Crippen LogP contribution in [0.5, 0.6) is 0 Å². The van der Waals surface area contributed by atoms with Gasteiger partial charge in [0.2, 0.25) is 0 Å². The van der Waals surface area contributed by atoms with Crippen LogP contribution in [0.4, 0.5) is 13.2 Å². The summed E-state index contributed by atoms with van der Waals surface area (Å²) in [6.07, 6.45) is -2.26. The fourth-order valence-electron chi connectivity index (χ4n) is 3.42. The van der Waals surface area contributed by atoms with E-state index in [1.807, 2.05) is 0 Å². The summed E-state index contributed by atoms with van der Waals surface area (Å²) in [5.41, 5.74) is 3.76. The van der Waals surface area contributed by atoms with Gasteiger partial charge in [0.1, 0.15) is 0 Å². The van der Waals surface area contributed by atoms with Crippen LogP contribution in [-0.2, 0) is 13.1 Å². The number of aryl methyl sites for hydroxylation is 1. The van der Waals surface area contributed by atoms with Crippen LogP contribution in [0.15, 0.2) is 6.07 Å². The summed E-state index contributed by atoms with van der Waals surface area (Å²) >= 11 is 0. The first-order valence-corrected chi connectivity index (χ1v) is 7.78. The Balaban J connectivity index is 1.85. The molecule has 0 aliphatic heterocycles. The van der Waals surface area contributed by atoms with Crippen molar-refractivity contribution >= 4 is 0 Å². The predicted octanol–water partition coefficient (Wildman–Crippen LogP) is 4.34. The molecule has 0 unspecified atom stereocenters. The zero-order valence-corrected chi connectivity index (χ0v) is 13.1. The largest absolute Gasteiger partial charge is 0.391 e. The van der Waals surface area contributed by atoms with E-state index in [9.17, 15) is 13.2 Å². The molecular formula is C16H25F3N2. The Morgan fingerprint density at radius 3 is 2.29 bits per heavy atom. The smallest absolute Gasteiger partial charge is 0.349 e. The Hall–Kier alpha value is -0.970. The number of rotatable bonds is 4. The summed E-state index contributed by atoms with van der Waals surface area (Å²) in [5, 5.41) is 3.43. The van der Waals surface area contributed by atoms with Crippen molar-refractivity contribution < 1.29 is 13.2 Å². The highest BCUT2D eigenvalue weighted by atomic mass is 19.4. The molecule has 1 saturated carbocycles. The van der Waals surface area contributed by atoms with Crippen LogP contribution < -0.4 is 5.32 Å². The van der Waals surface area contributed by atoms with Crippen LogP contribution in [0.3, 0.4) is 0 Å². The Morgan fingerprint density at radius 2 is 1.81 bits per heavy atom. The van der Waals surface area contributed by atoms with Crippen molar-refractivity contribution in [3.8, 4) is 0 Å². The van der Waals surface area contributed by atoms with E-state index in [0.717, 1.165) is 13.1 Å². The molecule has 5 heteroatoms. The molecule has 2 nitrogen and oxygen atoms in total. The molecule has 1 heterocycles. The molecule has 0 bridgehead atoms. The van der Waals surface area contributed by atoms with E-state index < -0.39 is 12.1 Å². The topological polar surface area (TPSA) is 17.0 Å². The predicted molar refractivity (Wildman–Crippen MR) is 78.2 cm³/mol. The van der Waals surface area contributed by atoms with Gasteiger partial charge >= 0.3 is 6.18 Å². The summed E-state index contributed by atoms with van der Waals surface area (Å²) < 4.78 is 40.2. The third kappa shape index (κ3) is 3.82. The highest BCUT2D eigenvalue weighted by Gasteiger charge is 2.41. The minimum atomic E-state index is -4.02. The van der Waals surface area contributed by atoms with E-state index in [0.29, 0.717) is 12.8 Å². The van der Waals surface area contributed by atoms with Crippen LogP contribution in [-0.4, -0.2) is 16.8 Å². The zero-order valence-electron chi connectivity index (χ0n) is 13.1. The lowest BCUT2D eigenvalue weighted by molar-refractivity contribution is -0.182. The van der Waals surface area contributed by atoms with Gasteiger partial charge in [0.25, 0.3) is 0 Å². The van der Waals surface area contributed by atoms with Crippen LogP contribution in [0.25, 0.3) is 0 Å². The first-order chi connectivity index (χ1) is 9.82. The molecule has 1 N–H and O–H groups in total. The van der Waals surface area contributed by atoms with E-state index in [-0.39, 0.29) is 18.9 Å². The number of aromatic nitrogens is 1. The van der Waals surface area contributed by atoms with Gasteiger partial charge in [0.05, 0.1) is 5.92 Å². The van der Waals surface area contributed by atoms with Gasteiger partial charge in [-0.3, -0.25) is 0 Å². The highest BCUT2D eigenvalue weighted by molar-refractivity contribution is 5.26. The van der Waals surface area contributed by atoms with Crippen LogP contribution in [0.2, 0.25) is 0 Å². The van der Waals surface area contributed by atoms with Gasteiger partial charge in [-0.05, 0) is 58.1 Å². The lowest BCUT2D eigenvalue weighted by atomic mass is 9.85. The summed E-state index contributed by atoms with van der Waals surface area (Å²) in [4.78, 5) is 0. The molecule has 21 heavy (non-hydrogen) atoms. The number of hydrogen-bond acceptors (Lipinski definition) is 1. The Labute approximate surface area is 124 Å². The molecule has 1 aromatic heterocycles. The van der Waals surface area contributed by atoms with Crippen molar-refractivity contribution in [1.29, 1.82) is 0 Å². The zero-order chi connectivity index (χ0) is 15.6. The first-order valence-electron chi connectivity index (χ1n) is 7.78. The van der Waals surface area contributed by atoms with Crippen molar-refractivity contribution in [3.63, 3.8) is 0 Å². The van der Waals surface area contributed by atoms with Gasteiger partial charge in [0, 0.05) is 30.5 Å². The molecule has 0 radical (unpaired) electrons. The van der Waals surface area contributed by atoms with Crippen LogP contribution >= 0.6 is 0 Å². The molecule has 120 valence electrons. The Kier molecular flexibility index (Phi) is 5.02. The van der Waals surface area contributed by atoms with Gasteiger partial charge < -0.3 is 9.88 Å². The Morgan fingerprint density at radius 1 is 1.19 bits per heavy atom. The molecule has 1 aromatic rings. The SMILES string of the molecule is CCn1c(C)cc(CNC2CCC(C(F)(F)F)CC2)c1C. The van der Waals surface area contributed by atoms with Crippen molar-refractivity contribution in [2.45, 2.75) is 71.8 Å². The summed E-state index contributed by atoms with van der Waals surface area (Å²) in [7, 11) is 0. The summed E-state index contributed by atoms with van der Waals surface area (Å²) in [5.74, 6) is -1.10. The first kappa shape index (κ1) is 16.4. The molecule has 1 fully saturated rings. The van der Waals surface area contributed by atoms with Gasteiger partial charge in [-0.25, -0.2) is 0 Å². The summed E-state index contributed by atoms with van der Waals surface area (Å²) in [6, 6.07) is 2.39. The second-order valence-corrected chi connectivity index (χ2v) is 6.11. The average molecular weight is 302 g/mol. The standard InChI is InChI=1S/C16H25F3N2/c1-4-21-11(2)9-13(12(21)3)10-20-15-7-5-14(6-8-15)16(17,18)19/h9,14-15,20H,4-8,10H2,1-3H3. The molecule has 1 aliphatic rings. The molecule has 0 atom stereocenters. The second kappa shape index (κ2) is 6.42. The molecule has 0 spiro atoms. The van der Waals surface area contributed by atoms with Gasteiger partial charge in [-0.1, -0.05) is 0 Å². The number of halogens is 3. The van der Waals surface area contributed by atoms with E-state index in [1.165, 1.54) is 17.0 Å². The van der Waals surface area contributed by atoms with Crippen molar-refractivity contribution in [2.75, 3.05) is 0 Å². The molecule has 0 aromatic carbocycles. The van der Waals surface area contributed by atoms with Crippen LogP contribution in [0, 0.1) is 19.8 Å². The third-order valence-electron chi connectivity index (χ3n) is 4.77. The number of nitrogens with one attached hydrogen (secondary N) is 1. The quantitative estimate of drug-likeness (QED) is 0.875. The summed E-state index contributed by atoms with van der Waals surface area (Å²) in [6.45, 7) is 8.02. The van der Waals surface area contributed by atoms with E-state index in [4.69, 9.17) is 0 Å². The third-order valence-corrected chi connectivity index (χ3v) is 4.77. The molecule has 1 aliphatic carbocycles. The average Bonchev–Trinajstić information content (AvgIpc) is 2.70. The maximum Gasteiger partial charge on any atom is 0.391 e. The molecule has 2 rings (SSSR count). The van der Waals surface area contributed by atoms with Crippen molar-refractivity contribution in [2.24, 2.45) is 5.92 Å². The van der Waals surface area contributed by atoms with Gasteiger partial charge in [-0.2, -0.15) is 13.2 Å². The van der Waals surface area contributed by atoms with Crippen LogP contribution in [0.1, 0.15) is 49.6 Å². The maximum atomic E-state index is 12.6. The monoisotopic (exact) mass is 302 g/mol. The fourth-order valence-corrected chi connectivity index (χ4v) is 3.42. The van der Waals surface area contributed by atoms with Gasteiger partial charge in [-0.15, -0.1) is 0 Å². The fraction of sp³-hybridized carbons (Fsp3) is 0.750. The highest BCUT2D eigenvalue weighted by Crippen LogP contribution is 2.37. The maximum absolute atomic E-state index is 12.6. The van der Waals surface area contributed by atoms with Gasteiger partial charge in [0.15, 0.2) is 0 Å². The molecular weight excluding hydrogens is 277 g/mol. The Bertz CT molecular complexity index is 469. The number of nitrogens with zero attached hydrogens (tertiary/aromatic N) is 1. The number of alkyl halides is 3. The minimum Gasteiger partial charge on any atom is -0.349 e. The van der Waals surface area contributed by atoms with E-state index in [1.54, 1.807) is 0 Å². The van der Waals surface area contributed by atoms with E-state index >= 15 is 0 Å². The lowest BCUT2D eigenvalue weighted by Crippen LogP contribution is -2.36. The van der Waals surface area contributed by atoms with Crippen molar-refractivity contribution in [1.82, 2.24) is 9.88 Å². The lowest BCUT2D eigenvalue weighted by Gasteiger charge is -2.30. The van der Waals surface area contributed by atoms with E-state index in [2.05, 4.69) is 36.7 Å². The normalized spacial score (nSPS) is 23.5. The number of hydrogen-bond donors (Lipinski definition) is 1.